The first-order chi connectivity index (χ1) is 18.6. The number of nitrogens with zero attached hydrogens (tertiary/aromatic N) is 2. The highest BCUT2D eigenvalue weighted by molar-refractivity contribution is 6.01. The van der Waals surface area contributed by atoms with Gasteiger partial charge < -0.3 is 5.11 Å². The van der Waals surface area contributed by atoms with Gasteiger partial charge in [-0.25, -0.2) is 8.78 Å². The second-order valence-corrected chi connectivity index (χ2v) is 11.7. The Bertz CT molecular complexity index is 1440. The van der Waals surface area contributed by atoms with Crippen molar-refractivity contribution in [3.05, 3.63) is 76.7 Å². The van der Waals surface area contributed by atoms with Crippen molar-refractivity contribution in [2.45, 2.75) is 75.1 Å². The molecule has 2 aliphatic heterocycles. The number of pyridine rings is 1. The van der Waals surface area contributed by atoms with Crippen LogP contribution in [0.4, 0.5) is 8.78 Å². The molecular formula is C31H33F2N3O3. The number of aliphatic hydroxyl groups is 1. The Balaban J connectivity index is 1.19. The van der Waals surface area contributed by atoms with Crippen LogP contribution in [0.25, 0.3) is 10.9 Å². The summed E-state index contributed by atoms with van der Waals surface area (Å²) >= 11 is 0. The lowest BCUT2D eigenvalue weighted by Crippen LogP contribution is -2.50. The molecule has 1 aliphatic carbocycles. The van der Waals surface area contributed by atoms with E-state index in [0.29, 0.717) is 67.3 Å². The van der Waals surface area contributed by atoms with E-state index in [1.807, 2.05) is 24.3 Å². The van der Waals surface area contributed by atoms with E-state index < -0.39 is 28.9 Å². The predicted molar refractivity (Wildman–Crippen MR) is 143 cm³/mol. The summed E-state index contributed by atoms with van der Waals surface area (Å²) in [4.78, 5) is 30.4. The third-order valence-corrected chi connectivity index (χ3v) is 8.92. The van der Waals surface area contributed by atoms with Gasteiger partial charge in [0.1, 0.15) is 11.5 Å². The second kappa shape index (κ2) is 9.75. The van der Waals surface area contributed by atoms with Gasteiger partial charge in [-0.1, -0.05) is 30.3 Å². The van der Waals surface area contributed by atoms with Crippen LogP contribution in [0.5, 0.6) is 0 Å². The summed E-state index contributed by atoms with van der Waals surface area (Å²) < 4.78 is 30.7. The lowest BCUT2D eigenvalue weighted by Gasteiger charge is -2.43. The predicted octanol–water partition coefficient (Wildman–Crippen LogP) is 4.98. The van der Waals surface area contributed by atoms with E-state index in [1.54, 1.807) is 31.3 Å². The fraction of sp³-hybridized carbons (Fsp3) is 0.452. The molecule has 2 amide bonds. The number of nitrogens with one attached hydrogen (secondary N) is 1. The van der Waals surface area contributed by atoms with Crippen molar-refractivity contribution < 1.29 is 23.5 Å². The minimum absolute atomic E-state index is 0.235. The first-order valence-corrected chi connectivity index (χ1v) is 13.8. The normalized spacial score (nSPS) is 27.3. The van der Waals surface area contributed by atoms with Gasteiger partial charge in [0, 0.05) is 37.0 Å². The van der Waals surface area contributed by atoms with Crippen LogP contribution in [0.15, 0.2) is 48.7 Å². The summed E-state index contributed by atoms with van der Waals surface area (Å²) in [5, 5.41) is 14.1. The molecule has 2 aromatic carbocycles. The molecule has 3 unspecified atom stereocenters. The number of β-amino-alcohol motifs (C(OH)–C–C–N with tert-alkyl or cyclic N) is 1. The van der Waals surface area contributed by atoms with Crippen LogP contribution < -0.4 is 5.32 Å². The van der Waals surface area contributed by atoms with E-state index in [0.717, 1.165) is 17.5 Å². The number of alkyl halides is 1. The maximum Gasteiger partial charge on any atom is 0.234 e. The van der Waals surface area contributed by atoms with Gasteiger partial charge in [0.05, 0.1) is 17.0 Å². The van der Waals surface area contributed by atoms with Crippen LogP contribution >= 0.6 is 0 Å². The number of likely N-dealkylation sites (tertiary alicyclic amines) is 1. The number of carbonyl (C=O) groups excluding carboxylic acids is 2. The van der Waals surface area contributed by atoms with E-state index >= 15 is 4.39 Å². The van der Waals surface area contributed by atoms with Gasteiger partial charge in [0.25, 0.3) is 0 Å². The molecular weight excluding hydrogens is 500 g/mol. The van der Waals surface area contributed by atoms with Crippen molar-refractivity contribution in [3.8, 4) is 0 Å². The Hall–Kier alpha value is -3.23. The topological polar surface area (TPSA) is 82.5 Å². The number of hydrogen-bond donors (Lipinski definition) is 2. The quantitative estimate of drug-likeness (QED) is 0.452. The molecule has 3 fully saturated rings. The van der Waals surface area contributed by atoms with Gasteiger partial charge in [-0.15, -0.1) is 0 Å². The number of benzene rings is 2. The zero-order valence-corrected chi connectivity index (χ0v) is 22.1. The van der Waals surface area contributed by atoms with Crippen molar-refractivity contribution in [2.75, 3.05) is 13.1 Å². The standard InChI is InChI=1S/C31H33F2N3O3/c1-30(39)18-36(17-19-3-5-21(6-4-19)31(33)12-2-13-31)14-11-25(30)23-7-9-26-24(28(23)32)15-20(16-34-26)22-8-10-27(37)35-29(22)38/h3-7,9,15-16,22,25,39H,2,8,10-14,17-18H2,1H3,(H,35,37,38). The molecule has 6 nitrogen and oxygen atoms in total. The summed E-state index contributed by atoms with van der Waals surface area (Å²) in [5.74, 6) is -2.08. The maximum absolute atomic E-state index is 16.0. The number of fused-ring (bicyclic) bond motifs is 1. The fourth-order valence-corrected chi connectivity index (χ4v) is 6.50. The van der Waals surface area contributed by atoms with Crippen LogP contribution in [-0.4, -0.2) is 45.5 Å². The number of hydrogen-bond acceptors (Lipinski definition) is 5. The summed E-state index contributed by atoms with van der Waals surface area (Å²) in [5.41, 5.74) is 0.938. The number of rotatable bonds is 5. The maximum atomic E-state index is 16.0. The molecule has 204 valence electrons. The number of aromatic nitrogens is 1. The average molecular weight is 534 g/mol. The average Bonchev–Trinajstić information content (AvgIpc) is 2.88. The van der Waals surface area contributed by atoms with Gasteiger partial charge >= 0.3 is 0 Å². The lowest BCUT2D eigenvalue weighted by atomic mass is 9.76. The molecule has 8 heteroatoms. The molecule has 3 aromatic rings. The van der Waals surface area contributed by atoms with Gasteiger partial charge in [-0.3, -0.25) is 24.8 Å². The highest BCUT2D eigenvalue weighted by Gasteiger charge is 2.41. The number of piperidine rings is 2. The Morgan fingerprint density at radius 3 is 2.56 bits per heavy atom. The van der Waals surface area contributed by atoms with Gasteiger partial charge in [-0.2, -0.15) is 0 Å². The molecule has 39 heavy (non-hydrogen) atoms. The van der Waals surface area contributed by atoms with Gasteiger partial charge in [0.2, 0.25) is 11.8 Å². The summed E-state index contributed by atoms with van der Waals surface area (Å²) in [6.45, 7) is 3.43. The number of amides is 2. The molecule has 0 radical (unpaired) electrons. The molecule has 2 saturated heterocycles. The van der Waals surface area contributed by atoms with Crippen LogP contribution in [-0.2, 0) is 21.8 Å². The minimum Gasteiger partial charge on any atom is -0.388 e. The van der Waals surface area contributed by atoms with Crippen LogP contribution in [0, 0.1) is 5.82 Å². The SMILES string of the molecule is CC1(O)CN(Cc2ccc(C3(F)CCC3)cc2)CCC1c1ccc2ncc(C3CCC(=O)NC3=O)cc2c1F. The van der Waals surface area contributed by atoms with E-state index in [2.05, 4.69) is 15.2 Å². The van der Waals surface area contributed by atoms with Crippen molar-refractivity contribution >= 4 is 22.7 Å². The first-order valence-electron chi connectivity index (χ1n) is 13.8. The van der Waals surface area contributed by atoms with E-state index in [1.165, 1.54) is 0 Å². The van der Waals surface area contributed by atoms with Crippen molar-refractivity contribution in [2.24, 2.45) is 0 Å². The molecule has 0 spiro atoms. The number of carbonyl (C=O) groups is 2. The van der Waals surface area contributed by atoms with Crippen LogP contribution in [0.3, 0.4) is 0 Å². The third kappa shape index (κ3) is 4.85. The Kier molecular flexibility index (Phi) is 6.50. The molecule has 3 aliphatic rings. The Labute approximate surface area is 226 Å². The smallest absolute Gasteiger partial charge is 0.234 e. The highest BCUT2D eigenvalue weighted by atomic mass is 19.1. The van der Waals surface area contributed by atoms with Crippen molar-refractivity contribution in [1.82, 2.24) is 15.2 Å². The lowest BCUT2D eigenvalue weighted by molar-refractivity contribution is -0.134. The molecule has 1 aromatic heterocycles. The Morgan fingerprint density at radius 2 is 1.90 bits per heavy atom. The van der Waals surface area contributed by atoms with E-state index in [9.17, 15) is 19.1 Å². The minimum atomic E-state index is -1.18. The number of imide groups is 1. The molecule has 3 heterocycles. The fourth-order valence-electron chi connectivity index (χ4n) is 6.50. The third-order valence-electron chi connectivity index (χ3n) is 8.92. The van der Waals surface area contributed by atoms with Crippen LogP contribution in [0.1, 0.15) is 79.5 Å². The molecule has 0 bridgehead atoms. The van der Waals surface area contributed by atoms with E-state index in [-0.39, 0.29) is 18.2 Å². The zero-order valence-electron chi connectivity index (χ0n) is 22.1. The van der Waals surface area contributed by atoms with Crippen molar-refractivity contribution in [1.29, 1.82) is 0 Å². The Morgan fingerprint density at radius 1 is 1.13 bits per heavy atom. The second-order valence-electron chi connectivity index (χ2n) is 11.7. The zero-order chi connectivity index (χ0) is 27.4. The molecule has 2 N–H and O–H groups in total. The number of halogens is 2. The van der Waals surface area contributed by atoms with Crippen LogP contribution in [0.2, 0.25) is 0 Å². The van der Waals surface area contributed by atoms with E-state index in [4.69, 9.17) is 0 Å². The van der Waals surface area contributed by atoms with Gasteiger partial charge in [0.15, 0.2) is 0 Å². The van der Waals surface area contributed by atoms with Crippen molar-refractivity contribution in [3.63, 3.8) is 0 Å². The summed E-state index contributed by atoms with van der Waals surface area (Å²) in [6, 6.07) is 12.8. The monoisotopic (exact) mass is 533 g/mol. The largest absolute Gasteiger partial charge is 0.388 e. The first kappa shape index (κ1) is 26.0. The highest BCUT2D eigenvalue weighted by Crippen LogP contribution is 2.45. The van der Waals surface area contributed by atoms with Gasteiger partial charge in [-0.05, 0) is 80.0 Å². The molecule has 3 atom stereocenters. The summed E-state index contributed by atoms with van der Waals surface area (Å²) in [7, 11) is 0. The summed E-state index contributed by atoms with van der Waals surface area (Å²) in [6.07, 6.45) is 4.84. The molecule has 6 rings (SSSR count). The molecule has 1 saturated carbocycles.